The van der Waals surface area contributed by atoms with Gasteiger partial charge in [0, 0.05) is 13.2 Å². The van der Waals surface area contributed by atoms with Crippen molar-refractivity contribution in [2.45, 2.75) is 19.6 Å². The lowest BCUT2D eigenvalue weighted by atomic mass is 10.2. The van der Waals surface area contributed by atoms with Crippen molar-refractivity contribution in [2.24, 2.45) is 5.10 Å². The molecule has 1 rings (SSSR count). The number of hydrogen-bond donors (Lipinski definition) is 2. The van der Waals surface area contributed by atoms with Gasteiger partial charge < -0.3 is 19.5 Å². The molecule has 6 nitrogen and oxygen atoms in total. The highest BCUT2D eigenvalue weighted by Crippen LogP contribution is 2.37. The van der Waals surface area contributed by atoms with Crippen LogP contribution in [0, 0.1) is 0 Å². The highest BCUT2D eigenvalue weighted by molar-refractivity contribution is 7.80. The molecule has 10 heteroatoms. The van der Waals surface area contributed by atoms with Crippen molar-refractivity contribution in [3.05, 3.63) is 22.7 Å². The van der Waals surface area contributed by atoms with E-state index in [9.17, 15) is 8.78 Å². The molecule has 0 aliphatic rings. The molecular formula is C14H18ClF2N3O3S. The fraction of sp³-hybridized carbons (Fsp3) is 0.429. The summed E-state index contributed by atoms with van der Waals surface area (Å²) in [7, 11) is 2.91. The first kappa shape index (κ1) is 20.3. The van der Waals surface area contributed by atoms with Crippen molar-refractivity contribution < 1.29 is 23.0 Å². The molecule has 0 radical (unpaired) electrons. The monoisotopic (exact) mass is 381 g/mol. The van der Waals surface area contributed by atoms with Gasteiger partial charge in [0.05, 0.1) is 25.0 Å². The summed E-state index contributed by atoms with van der Waals surface area (Å²) in [5, 5.41) is 7.19. The molecule has 134 valence electrons. The largest absolute Gasteiger partial charge is 0.493 e. The third-order valence-corrected chi connectivity index (χ3v) is 3.12. The Morgan fingerprint density at radius 3 is 2.71 bits per heavy atom. The van der Waals surface area contributed by atoms with Crippen LogP contribution in [0.4, 0.5) is 8.78 Å². The zero-order valence-corrected chi connectivity index (χ0v) is 14.9. The summed E-state index contributed by atoms with van der Waals surface area (Å²) in [6.45, 7) is -0.618. The number of rotatable bonds is 8. The molecule has 0 heterocycles. The van der Waals surface area contributed by atoms with Crippen LogP contribution in [-0.2, 0) is 4.74 Å². The van der Waals surface area contributed by atoms with Crippen LogP contribution in [0.1, 0.15) is 12.5 Å². The molecular weight excluding hydrogens is 364 g/mol. The molecule has 1 atom stereocenters. The molecule has 0 amide bonds. The van der Waals surface area contributed by atoms with E-state index in [0.717, 1.165) is 0 Å². The van der Waals surface area contributed by atoms with Gasteiger partial charge in [0.2, 0.25) is 0 Å². The molecule has 0 spiro atoms. The fourth-order valence-corrected chi connectivity index (χ4v) is 2.25. The van der Waals surface area contributed by atoms with Gasteiger partial charge in [-0.2, -0.15) is 13.9 Å². The minimum Gasteiger partial charge on any atom is -0.493 e. The van der Waals surface area contributed by atoms with Gasteiger partial charge in [-0.1, -0.05) is 11.6 Å². The quantitative estimate of drug-likeness (QED) is 0.410. The number of thiocarbonyl (C=S) groups is 1. The van der Waals surface area contributed by atoms with Crippen LogP contribution < -0.4 is 20.2 Å². The topological polar surface area (TPSA) is 64.1 Å². The van der Waals surface area contributed by atoms with Gasteiger partial charge in [-0.25, -0.2) is 0 Å². The van der Waals surface area contributed by atoms with E-state index in [1.54, 1.807) is 7.11 Å². The third-order valence-electron chi connectivity index (χ3n) is 2.63. The van der Waals surface area contributed by atoms with Gasteiger partial charge >= 0.3 is 6.61 Å². The summed E-state index contributed by atoms with van der Waals surface area (Å²) in [4.78, 5) is 0. The van der Waals surface area contributed by atoms with Crippen LogP contribution in [0.15, 0.2) is 17.2 Å². The summed E-state index contributed by atoms with van der Waals surface area (Å²) in [5.41, 5.74) is 3.14. The molecule has 24 heavy (non-hydrogen) atoms. The van der Waals surface area contributed by atoms with E-state index in [2.05, 4.69) is 20.6 Å². The number of alkyl halides is 2. The lowest BCUT2D eigenvalue weighted by Crippen LogP contribution is -2.40. The minimum atomic E-state index is -3.00. The molecule has 0 aliphatic heterocycles. The molecule has 0 bridgehead atoms. The van der Waals surface area contributed by atoms with Crippen LogP contribution in [0.5, 0.6) is 11.5 Å². The van der Waals surface area contributed by atoms with Gasteiger partial charge in [-0.3, -0.25) is 5.43 Å². The summed E-state index contributed by atoms with van der Waals surface area (Å²) >= 11 is 11.0. The lowest BCUT2D eigenvalue weighted by molar-refractivity contribution is -0.0511. The summed E-state index contributed by atoms with van der Waals surface area (Å²) in [6, 6.07) is 2.89. The number of ether oxygens (including phenoxy) is 3. The van der Waals surface area contributed by atoms with Crippen LogP contribution in [-0.4, -0.2) is 44.8 Å². The van der Waals surface area contributed by atoms with Gasteiger partial charge in [0.25, 0.3) is 0 Å². The highest BCUT2D eigenvalue weighted by Gasteiger charge is 2.15. The highest BCUT2D eigenvalue weighted by atomic mass is 35.5. The number of hydrazone groups is 1. The molecule has 0 fully saturated rings. The average molecular weight is 382 g/mol. The first-order chi connectivity index (χ1) is 11.4. The van der Waals surface area contributed by atoms with E-state index in [-0.39, 0.29) is 22.6 Å². The number of nitrogens with zero attached hydrogens (tertiary/aromatic N) is 1. The Labute approximate surface area is 149 Å². The Hall–Kier alpha value is -1.71. The second-order valence-electron chi connectivity index (χ2n) is 4.61. The van der Waals surface area contributed by atoms with Crippen molar-refractivity contribution in [2.75, 3.05) is 20.8 Å². The van der Waals surface area contributed by atoms with Crippen LogP contribution >= 0.6 is 23.8 Å². The van der Waals surface area contributed by atoms with Crippen molar-refractivity contribution in [1.29, 1.82) is 0 Å². The van der Waals surface area contributed by atoms with Crippen molar-refractivity contribution in [3.8, 4) is 11.5 Å². The van der Waals surface area contributed by atoms with E-state index in [1.807, 2.05) is 6.92 Å². The van der Waals surface area contributed by atoms with E-state index in [1.165, 1.54) is 25.5 Å². The van der Waals surface area contributed by atoms with Crippen molar-refractivity contribution in [1.82, 2.24) is 10.7 Å². The van der Waals surface area contributed by atoms with Crippen LogP contribution in [0.3, 0.4) is 0 Å². The van der Waals surface area contributed by atoms with Gasteiger partial charge in [0.15, 0.2) is 16.6 Å². The maximum atomic E-state index is 12.4. The summed E-state index contributed by atoms with van der Waals surface area (Å²) in [6.07, 6.45) is 1.41. The standard InChI is InChI=1S/C14H18ClF2N3O3S/c1-8(7-21-2)19-14(24)20-18-6-9-4-10(15)12(23-13(16)17)11(5-9)22-3/h4-6,8,13H,7H2,1-3H3,(H2,19,20,24)/b18-6-/t8-/m1/s1. The Balaban J connectivity index is 2.74. The Morgan fingerprint density at radius 1 is 1.42 bits per heavy atom. The lowest BCUT2D eigenvalue weighted by Gasteiger charge is -2.14. The van der Waals surface area contributed by atoms with Crippen molar-refractivity contribution in [3.63, 3.8) is 0 Å². The Morgan fingerprint density at radius 2 is 2.12 bits per heavy atom. The Kier molecular flexibility index (Phi) is 8.66. The minimum absolute atomic E-state index is 0.0190. The molecule has 1 aromatic rings. The first-order valence-electron chi connectivity index (χ1n) is 6.78. The first-order valence-corrected chi connectivity index (χ1v) is 7.56. The number of nitrogens with one attached hydrogen (secondary N) is 2. The normalized spacial score (nSPS) is 12.3. The average Bonchev–Trinajstić information content (AvgIpc) is 2.49. The summed E-state index contributed by atoms with van der Waals surface area (Å²) in [5.74, 6) is -0.163. The van der Waals surface area contributed by atoms with E-state index >= 15 is 0 Å². The zero-order valence-electron chi connectivity index (χ0n) is 13.3. The smallest absolute Gasteiger partial charge is 0.387 e. The van der Waals surface area contributed by atoms with Gasteiger partial charge in [-0.05, 0) is 36.8 Å². The van der Waals surface area contributed by atoms with Crippen molar-refractivity contribution >= 4 is 35.1 Å². The SMILES string of the molecule is COC[C@@H](C)NC(=S)N/N=C\c1cc(Cl)c(OC(F)F)c(OC)c1. The second kappa shape index (κ2) is 10.2. The van der Waals surface area contributed by atoms with Gasteiger partial charge in [0.1, 0.15) is 0 Å². The van der Waals surface area contributed by atoms with Gasteiger partial charge in [-0.15, -0.1) is 0 Å². The maximum Gasteiger partial charge on any atom is 0.387 e. The maximum absolute atomic E-state index is 12.4. The molecule has 0 unspecified atom stereocenters. The number of halogens is 3. The molecule has 1 aromatic carbocycles. The summed E-state index contributed by atoms with van der Waals surface area (Å²) < 4.78 is 39.0. The predicted octanol–water partition coefficient (Wildman–Crippen LogP) is 2.78. The molecule has 0 saturated heterocycles. The second-order valence-corrected chi connectivity index (χ2v) is 5.43. The molecule has 0 aromatic heterocycles. The number of benzene rings is 1. The third kappa shape index (κ3) is 6.81. The molecule has 0 aliphatic carbocycles. The number of methoxy groups -OCH3 is 2. The Bertz CT molecular complexity index is 591. The number of hydrogen-bond acceptors (Lipinski definition) is 5. The zero-order chi connectivity index (χ0) is 18.1. The van der Waals surface area contributed by atoms with Crippen LogP contribution in [0.25, 0.3) is 0 Å². The molecule has 2 N–H and O–H groups in total. The predicted molar refractivity (Wildman–Crippen MR) is 92.4 cm³/mol. The van der Waals surface area contributed by atoms with E-state index in [4.69, 9.17) is 33.3 Å². The van der Waals surface area contributed by atoms with Crippen LogP contribution in [0.2, 0.25) is 5.02 Å². The molecule has 0 saturated carbocycles. The van der Waals surface area contributed by atoms with E-state index < -0.39 is 6.61 Å². The fourth-order valence-electron chi connectivity index (χ4n) is 1.73. The van der Waals surface area contributed by atoms with E-state index in [0.29, 0.717) is 17.3 Å².